The van der Waals surface area contributed by atoms with E-state index in [1.54, 1.807) is 12.1 Å². The van der Waals surface area contributed by atoms with Gasteiger partial charge in [0.05, 0.1) is 29.0 Å². The number of nitrogens with zero attached hydrogens (tertiary/aromatic N) is 1. The largest absolute Gasteiger partial charge is 0.458 e. The number of cyclic esters (lactones) is 1. The normalized spacial score (nSPS) is 35.4. The molecule has 0 bridgehead atoms. The molecule has 0 radical (unpaired) electrons. The lowest BCUT2D eigenvalue weighted by atomic mass is 9.46. The summed E-state index contributed by atoms with van der Waals surface area (Å²) in [5, 5.41) is 10.8. The molecule has 2 aliphatic carbocycles. The van der Waals surface area contributed by atoms with E-state index in [2.05, 4.69) is 20.4 Å². The minimum absolute atomic E-state index is 0.00563. The molecule has 0 amide bonds. The van der Waals surface area contributed by atoms with Gasteiger partial charge in [0, 0.05) is 22.4 Å². The van der Waals surface area contributed by atoms with Gasteiger partial charge < -0.3 is 18.9 Å². The van der Waals surface area contributed by atoms with Crippen LogP contribution in [-0.2, 0) is 28.5 Å². The van der Waals surface area contributed by atoms with E-state index >= 15 is 0 Å². The molecule has 0 aromatic heterocycles. The number of ether oxygens (including phenoxy) is 4. The molecule has 4 fully saturated rings. The quantitative estimate of drug-likeness (QED) is 0.0947. The Bertz CT molecular complexity index is 1260. The van der Waals surface area contributed by atoms with Gasteiger partial charge in [-0.25, -0.2) is 4.79 Å². The molecule has 9 nitrogen and oxygen atoms in total. The fourth-order valence-electron chi connectivity index (χ4n) is 7.51. The number of benzene rings is 1. The van der Waals surface area contributed by atoms with Gasteiger partial charge in [-0.3, -0.25) is 14.9 Å². The van der Waals surface area contributed by atoms with Gasteiger partial charge in [-0.2, -0.15) is 0 Å². The molecule has 2 saturated heterocycles. The van der Waals surface area contributed by atoms with Crippen LogP contribution in [0.25, 0.3) is 0 Å². The Morgan fingerprint density at radius 2 is 1.93 bits per heavy atom. The standard InChI is InChI=1S/C31H39NO8S/c1-19-6-13-25-30(4,15-14-26-31(25,5)18-38-29(2,3)40-26)23(19)12-11-22-24(16-37-28(22)34)39-27(33)17-41-21-9-7-20(8-10-21)32(35)36/h7-11,23-26H,1,6,12-18H2,2-5H3/b22-11+/t23-,24-,25+,26-,30+,31+/m1/s1. The second-order valence-corrected chi connectivity index (χ2v) is 13.7. The third-order valence-corrected chi connectivity index (χ3v) is 10.7. The van der Waals surface area contributed by atoms with Crippen LogP contribution in [-0.4, -0.2) is 53.8 Å². The molecule has 2 heterocycles. The van der Waals surface area contributed by atoms with Crippen molar-refractivity contribution in [3.63, 3.8) is 0 Å². The molecule has 0 unspecified atom stereocenters. The first-order chi connectivity index (χ1) is 19.3. The predicted octanol–water partition coefficient (Wildman–Crippen LogP) is 6.01. The number of rotatable bonds is 7. The molecule has 0 spiro atoms. The maximum atomic E-state index is 12.7. The molecule has 2 aliphatic heterocycles. The second-order valence-electron chi connectivity index (χ2n) is 12.7. The molecule has 2 saturated carbocycles. The number of nitro groups is 1. The van der Waals surface area contributed by atoms with E-state index in [4.69, 9.17) is 18.9 Å². The zero-order chi connectivity index (χ0) is 29.6. The predicted molar refractivity (Wildman–Crippen MR) is 153 cm³/mol. The zero-order valence-electron chi connectivity index (χ0n) is 24.2. The number of thioether (sulfide) groups is 1. The summed E-state index contributed by atoms with van der Waals surface area (Å²) in [6.07, 6.45) is 5.81. The Morgan fingerprint density at radius 1 is 1.20 bits per heavy atom. The van der Waals surface area contributed by atoms with Crippen LogP contribution < -0.4 is 0 Å². The lowest BCUT2D eigenvalue weighted by Crippen LogP contribution is -2.62. The van der Waals surface area contributed by atoms with Crippen LogP contribution >= 0.6 is 11.8 Å². The highest BCUT2D eigenvalue weighted by Crippen LogP contribution is 2.63. The summed E-state index contributed by atoms with van der Waals surface area (Å²) in [7, 11) is 0. The fraction of sp³-hybridized carbons (Fsp3) is 0.613. The van der Waals surface area contributed by atoms with Gasteiger partial charge in [0.25, 0.3) is 5.69 Å². The van der Waals surface area contributed by atoms with E-state index in [0.717, 1.165) is 25.7 Å². The molecule has 1 aromatic carbocycles. The first-order valence-corrected chi connectivity index (χ1v) is 15.2. The molecule has 10 heteroatoms. The van der Waals surface area contributed by atoms with Crippen molar-refractivity contribution >= 4 is 29.4 Å². The molecule has 222 valence electrons. The summed E-state index contributed by atoms with van der Waals surface area (Å²) in [4.78, 5) is 36.4. The Labute approximate surface area is 245 Å². The number of hydrogen-bond donors (Lipinski definition) is 0. The summed E-state index contributed by atoms with van der Waals surface area (Å²) in [5.74, 6) is -0.946. The van der Waals surface area contributed by atoms with Crippen molar-refractivity contribution < 1.29 is 33.5 Å². The first-order valence-electron chi connectivity index (χ1n) is 14.3. The van der Waals surface area contributed by atoms with Crippen molar-refractivity contribution in [3.8, 4) is 0 Å². The number of carbonyl (C=O) groups is 2. The molecule has 41 heavy (non-hydrogen) atoms. The SMILES string of the molecule is C=C1CC[C@@H]2[C@]3(C)COC(C)(C)O[C@@H]3CC[C@@]2(C)[C@@H]1C/C=C1/C(=O)OC[C@H]1OC(=O)CSc1ccc([N+](=O)[O-])cc1. The molecule has 1 aromatic rings. The molecule has 5 rings (SSSR count). The van der Waals surface area contributed by atoms with Crippen molar-refractivity contribution in [2.75, 3.05) is 19.0 Å². The first kappa shape index (κ1) is 29.8. The van der Waals surface area contributed by atoms with E-state index < -0.39 is 28.8 Å². The average Bonchev–Trinajstić information content (AvgIpc) is 3.26. The van der Waals surface area contributed by atoms with Gasteiger partial charge in [0.15, 0.2) is 11.9 Å². The van der Waals surface area contributed by atoms with Crippen molar-refractivity contribution in [2.24, 2.45) is 22.7 Å². The van der Waals surface area contributed by atoms with E-state index in [1.165, 1.54) is 29.5 Å². The maximum Gasteiger partial charge on any atom is 0.337 e. The van der Waals surface area contributed by atoms with Crippen molar-refractivity contribution in [1.29, 1.82) is 0 Å². The number of fused-ring (bicyclic) bond motifs is 3. The summed E-state index contributed by atoms with van der Waals surface area (Å²) >= 11 is 1.22. The van der Waals surface area contributed by atoms with Gasteiger partial charge in [0.1, 0.15) is 6.61 Å². The van der Waals surface area contributed by atoms with Crippen LogP contribution in [0.2, 0.25) is 0 Å². The fourth-order valence-corrected chi connectivity index (χ4v) is 8.19. The van der Waals surface area contributed by atoms with Crippen molar-refractivity contribution in [2.45, 2.75) is 82.7 Å². The van der Waals surface area contributed by atoms with Crippen LogP contribution in [0.3, 0.4) is 0 Å². The third-order valence-electron chi connectivity index (χ3n) is 9.67. The maximum absolute atomic E-state index is 12.7. The van der Waals surface area contributed by atoms with Crippen LogP contribution in [0.1, 0.15) is 59.8 Å². The molecular formula is C31H39NO8S. The molecule has 0 N–H and O–H groups in total. The van der Waals surface area contributed by atoms with E-state index in [1.807, 2.05) is 19.9 Å². The number of esters is 2. The van der Waals surface area contributed by atoms with E-state index in [-0.39, 0.29) is 40.9 Å². The number of nitro benzene ring substituents is 1. The highest BCUT2D eigenvalue weighted by Gasteiger charge is 2.60. The molecule has 6 atom stereocenters. The smallest absolute Gasteiger partial charge is 0.337 e. The lowest BCUT2D eigenvalue weighted by molar-refractivity contribution is -0.384. The van der Waals surface area contributed by atoms with E-state index in [9.17, 15) is 19.7 Å². The number of hydrogen-bond acceptors (Lipinski definition) is 9. The van der Waals surface area contributed by atoms with E-state index in [0.29, 0.717) is 29.4 Å². The summed E-state index contributed by atoms with van der Waals surface area (Å²) in [5.41, 5.74) is 1.44. The van der Waals surface area contributed by atoms with Gasteiger partial charge in [-0.1, -0.05) is 32.1 Å². The highest BCUT2D eigenvalue weighted by molar-refractivity contribution is 8.00. The minimum atomic E-state index is -0.761. The molecule has 4 aliphatic rings. The van der Waals surface area contributed by atoms with Gasteiger partial charge in [-0.15, -0.1) is 11.8 Å². The number of carbonyl (C=O) groups excluding carboxylic acids is 2. The number of allylic oxidation sites excluding steroid dienone is 2. The Morgan fingerprint density at radius 3 is 2.63 bits per heavy atom. The van der Waals surface area contributed by atoms with Crippen molar-refractivity contribution in [3.05, 3.63) is 58.2 Å². The third kappa shape index (κ3) is 5.83. The Hall–Kier alpha value is -2.69. The lowest BCUT2D eigenvalue weighted by Gasteiger charge is -2.63. The second kappa shape index (κ2) is 11.2. The van der Waals surface area contributed by atoms with Gasteiger partial charge in [0.2, 0.25) is 0 Å². The average molecular weight is 586 g/mol. The van der Waals surface area contributed by atoms with Crippen LogP contribution in [0.4, 0.5) is 5.69 Å². The Kier molecular flexibility index (Phi) is 8.13. The topological polar surface area (TPSA) is 114 Å². The van der Waals surface area contributed by atoms with Crippen LogP contribution in [0.15, 0.2) is 53.0 Å². The van der Waals surface area contributed by atoms with Gasteiger partial charge >= 0.3 is 11.9 Å². The van der Waals surface area contributed by atoms with Crippen LogP contribution in [0.5, 0.6) is 0 Å². The summed E-state index contributed by atoms with van der Waals surface area (Å²) in [6.45, 7) is 13.7. The minimum Gasteiger partial charge on any atom is -0.458 e. The zero-order valence-corrected chi connectivity index (χ0v) is 25.0. The number of non-ortho nitro benzene ring substituents is 1. The van der Waals surface area contributed by atoms with Crippen molar-refractivity contribution in [1.82, 2.24) is 0 Å². The summed E-state index contributed by atoms with van der Waals surface area (Å²) < 4.78 is 23.5. The molecular weight excluding hydrogens is 546 g/mol. The highest BCUT2D eigenvalue weighted by atomic mass is 32.2. The summed E-state index contributed by atoms with van der Waals surface area (Å²) in [6, 6.07) is 5.97. The van der Waals surface area contributed by atoms with Crippen LogP contribution in [0, 0.1) is 32.8 Å². The Balaban J connectivity index is 1.25. The van der Waals surface area contributed by atoms with Gasteiger partial charge in [-0.05, 0) is 75.3 Å². The monoisotopic (exact) mass is 585 g/mol.